The van der Waals surface area contributed by atoms with Crippen LogP contribution in [0.3, 0.4) is 0 Å². The summed E-state index contributed by atoms with van der Waals surface area (Å²) in [5.41, 5.74) is 4.30. The Morgan fingerprint density at radius 2 is 1.86 bits per heavy atom. The van der Waals surface area contributed by atoms with Crippen molar-refractivity contribution in [3.8, 4) is 0 Å². The van der Waals surface area contributed by atoms with Crippen molar-refractivity contribution in [2.24, 2.45) is 4.99 Å². The SMILES string of the molecule is FC(F)(F)c1ccc(Cn2cccc2/C=C2\CCCN=C2c2cccnc2)cc1. The molecule has 0 spiro atoms. The Morgan fingerprint density at radius 1 is 1.03 bits per heavy atom. The van der Waals surface area contributed by atoms with Gasteiger partial charge in [-0.3, -0.25) is 9.98 Å². The molecular formula is C23H20F3N3. The second kappa shape index (κ2) is 8.07. The topological polar surface area (TPSA) is 30.2 Å². The molecule has 0 N–H and O–H groups in total. The van der Waals surface area contributed by atoms with Crippen LogP contribution in [-0.2, 0) is 12.7 Å². The van der Waals surface area contributed by atoms with E-state index in [0.29, 0.717) is 6.54 Å². The third-order valence-electron chi connectivity index (χ3n) is 4.93. The van der Waals surface area contributed by atoms with E-state index in [1.165, 1.54) is 12.1 Å². The molecule has 0 radical (unpaired) electrons. The summed E-state index contributed by atoms with van der Waals surface area (Å²) in [5, 5.41) is 0. The number of alkyl halides is 3. The predicted octanol–water partition coefficient (Wildman–Crippen LogP) is 5.62. The van der Waals surface area contributed by atoms with Crippen LogP contribution < -0.4 is 0 Å². The number of benzene rings is 1. The normalized spacial score (nSPS) is 16.1. The number of pyridine rings is 1. The Morgan fingerprint density at radius 3 is 2.59 bits per heavy atom. The summed E-state index contributed by atoms with van der Waals surface area (Å²) >= 11 is 0. The van der Waals surface area contributed by atoms with Gasteiger partial charge in [0.15, 0.2) is 0 Å². The number of allylic oxidation sites excluding steroid dienone is 1. The first-order valence-corrected chi connectivity index (χ1v) is 9.48. The molecule has 1 aromatic carbocycles. The van der Waals surface area contributed by atoms with E-state index in [1.807, 2.05) is 41.2 Å². The Bertz CT molecular complexity index is 1030. The zero-order chi connectivity index (χ0) is 20.3. The van der Waals surface area contributed by atoms with Gasteiger partial charge in [-0.05, 0) is 66.5 Å². The first-order chi connectivity index (χ1) is 14.0. The monoisotopic (exact) mass is 395 g/mol. The fraction of sp³-hybridized carbons (Fsp3) is 0.217. The smallest absolute Gasteiger partial charge is 0.344 e. The number of aromatic nitrogens is 2. The van der Waals surface area contributed by atoms with Gasteiger partial charge < -0.3 is 4.57 Å². The highest BCUT2D eigenvalue weighted by Crippen LogP contribution is 2.29. The molecule has 4 rings (SSSR count). The molecule has 0 aliphatic carbocycles. The molecule has 0 atom stereocenters. The van der Waals surface area contributed by atoms with Crippen LogP contribution >= 0.6 is 0 Å². The summed E-state index contributed by atoms with van der Waals surface area (Å²) in [5.74, 6) is 0. The van der Waals surface area contributed by atoms with E-state index in [4.69, 9.17) is 4.99 Å². The Labute approximate surface area is 167 Å². The summed E-state index contributed by atoms with van der Waals surface area (Å²) in [4.78, 5) is 8.90. The highest BCUT2D eigenvalue weighted by atomic mass is 19.4. The number of hydrogen-bond acceptors (Lipinski definition) is 2. The quantitative estimate of drug-likeness (QED) is 0.564. The van der Waals surface area contributed by atoms with Gasteiger partial charge in [-0.15, -0.1) is 0 Å². The van der Waals surface area contributed by atoms with E-state index in [2.05, 4.69) is 11.1 Å². The minimum atomic E-state index is -4.31. The lowest BCUT2D eigenvalue weighted by atomic mass is 9.96. The first-order valence-electron chi connectivity index (χ1n) is 9.48. The molecule has 0 fully saturated rings. The van der Waals surface area contributed by atoms with Crippen molar-refractivity contribution < 1.29 is 13.2 Å². The largest absolute Gasteiger partial charge is 0.416 e. The fourth-order valence-corrected chi connectivity index (χ4v) is 3.48. The number of hydrogen-bond donors (Lipinski definition) is 0. The van der Waals surface area contributed by atoms with Crippen LogP contribution in [0.4, 0.5) is 13.2 Å². The lowest BCUT2D eigenvalue weighted by molar-refractivity contribution is -0.137. The van der Waals surface area contributed by atoms with Crippen molar-refractivity contribution in [3.05, 3.63) is 95.1 Å². The second-order valence-electron chi connectivity index (χ2n) is 7.00. The van der Waals surface area contributed by atoms with Gasteiger partial charge in [0.05, 0.1) is 11.3 Å². The molecule has 3 aromatic rings. The highest BCUT2D eigenvalue weighted by molar-refractivity contribution is 6.15. The van der Waals surface area contributed by atoms with Crippen molar-refractivity contribution in [3.63, 3.8) is 0 Å². The van der Waals surface area contributed by atoms with Crippen LogP contribution in [0.2, 0.25) is 0 Å². The summed E-state index contributed by atoms with van der Waals surface area (Å²) in [6.45, 7) is 1.30. The van der Waals surface area contributed by atoms with Crippen molar-refractivity contribution in [2.45, 2.75) is 25.6 Å². The van der Waals surface area contributed by atoms with E-state index in [9.17, 15) is 13.2 Å². The van der Waals surface area contributed by atoms with Gasteiger partial charge in [-0.25, -0.2) is 0 Å². The molecule has 0 amide bonds. The van der Waals surface area contributed by atoms with Gasteiger partial charge >= 0.3 is 6.18 Å². The lowest BCUT2D eigenvalue weighted by Gasteiger charge is -2.17. The molecule has 0 unspecified atom stereocenters. The molecule has 0 bridgehead atoms. The zero-order valence-corrected chi connectivity index (χ0v) is 15.7. The van der Waals surface area contributed by atoms with E-state index in [-0.39, 0.29) is 0 Å². The van der Waals surface area contributed by atoms with E-state index in [0.717, 1.165) is 59.6 Å². The second-order valence-corrected chi connectivity index (χ2v) is 7.00. The van der Waals surface area contributed by atoms with E-state index >= 15 is 0 Å². The predicted molar refractivity (Wildman–Crippen MR) is 108 cm³/mol. The van der Waals surface area contributed by atoms with Gasteiger partial charge in [0.25, 0.3) is 0 Å². The van der Waals surface area contributed by atoms with Crippen LogP contribution in [0.5, 0.6) is 0 Å². The van der Waals surface area contributed by atoms with Crippen LogP contribution in [0, 0.1) is 0 Å². The molecule has 3 nitrogen and oxygen atoms in total. The number of rotatable bonds is 4. The molecule has 2 aromatic heterocycles. The molecule has 6 heteroatoms. The van der Waals surface area contributed by atoms with Gasteiger partial charge in [-0.1, -0.05) is 12.1 Å². The standard InChI is InChI=1S/C23H20F3N3/c24-23(25,26)20-9-7-17(8-10-20)16-29-13-3-6-21(29)14-18-4-2-12-28-22(18)19-5-1-11-27-15-19/h1,3,5-11,13-15H,2,4,12,16H2/b18-14+. The summed E-state index contributed by atoms with van der Waals surface area (Å²) in [6.07, 6.45) is 5.23. The van der Waals surface area contributed by atoms with E-state index < -0.39 is 11.7 Å². The maximum Gasteiger partial charge on any atom is 0.416 e. The van der Waals surface area contributed by atoms with Crippen LogP contribution in [0.15, 0.2) is 77.7 Å². The summed E-state index contributed by atoms with van der Waals surface area (Å²) in [6, 6.07) is 13.2. The molecule has 1 aliphatic heterocycles. The number of aliphatic imine (C=N–C) groups is 1. The maximum atomic E-state index is 12.8. The minimum absolute atomic E-state index is 0.504. The Kier molecular flexibility index (Phi) is 5.34. The van der Waals surface area contributed by atoms with Gasteiger partial charge in [0.1, 0.15) is 0 Å². The summed E-state index contributed by atoms with van der Waals surface area (Å²) < 4.78 is 40.3. The molecule has 0 saturated heterocycles. The van der Waals surface area contributed by atoms with Gasteiger partial charge in [-0.2, -0.15) is 13.2 Å². The average Bonchev–Trinajstić information content (AvgIpc) is 3.15. The Balaban J connectivity index is 1.59. The number of nitrogens with zero attached hydrogens (tertiary/aromatic N) is 3. The van der Waals surface area contributed by atoms with Crippen molar-refractivity contribution >= 4 is 11.8 Å². The minimum Gasteiger partial charge on any atom is -0.344 e. The van der Waals surface area contributed by atoms with Gasteiger partial charge in [0.2, 0.25) is 0 Å². The van der Waals surface area contributed by atoms with Crippen molar-refractivity contribution in [2.75, 3.05) is 6.54 Å². The van der Waals surface area contributed by atoms with Crippen LogP contribution in [0.1, 0.15) is 35.2 Å². The molecule has 29 heavy (non-hydrogen) atoms. The third kappa shape index (κ3) is 4.47. The molecule has 148 valence electrons. The fourth-order valence-electron chi connectivity index (χ4n) is 3.48. The van der Waals surface area contributed by atoms with Crippen molar-refractivity contribution in [1.29, 1.82) is 0 Å². The average molecular weight is 395 g/mol. The molecule has 1 aliphatic rings. The zero-order valence-electron chi connectivity index (χ0n) is 15.7. The summed E-state index contributed by atoms with van der Waals surface area (Å²) in [7, 11) is 0. The number of halogens is 3. The van der Waals surface area contributed by atoms with E-state index in [1.54, 1.807) is 6.20 Å². The van der Waals surface area contributed by atoms with Gasteiger partial charge in [0, 0.05) is 42.9 Å². The maximum absolute atomic E-state index is 12.8. The van der Waals surface area contributed by atoms with Crippen LogP contribution in [-0.4, -0.2) is 21.8 Å². The van der Waals surface area contributed by atoms with Crippen LogP contribution in [0.25, 0.3) is 6.08 Å². The Hall–Kier alpha value is -3.15. The molecular weight excluding hydrogens is 375 g/mol. The molecule has 3 heterocycles. The first kappa shape index (κ1) is 19.2. The molecule has 0 saturated carbocycles. The lowest BCUT2D eigenvalue weighted by Crippen LogP contribution is -2.12. The highest BCUT2D eigenvalue weighted by Gasteiger charge is 2.29. The third-order valence-corrected chi connectivity index (χ3v) is 4.93. The van der Waals surface area contributed by atoms with Crippen molar-refractivity contribution in [1.82, 2.24) is 9.55 Å².